The van der Waals surface area contributed by atoms with E-state index in [-0.39, 0.29) is 11.5 Å². The van der Waals surface area contributed by atoms with Crippen LogP contribution in [0.4, 0.5) is 4.79 Å². The maximum Gasteiger partial charge on any atom is 0.407 e. The van der Waals surface area contributed by atoms with Gasteiger partial charge in [-0.15, -0.1) is 0 Å². The Labute approximate surface area is 163 Å². The number of ether oxygens (including phenoxy) is 1. The predicted octanol–water partition coefficient (Wildman–Crippen LogP) is 3.83. The predicted molar refractivity (Wildman–Crippen MR) is 101 cm³/mol. The van der Waals surface area contributed by atoms with Crippen molar-refractivity contribution in [3.63, 3.8) is 0 Å². The molecule has 1 atom stereocenters. The first-order valence-corrected chi connectivity index (χ1v) is 9.80. The van der Waals surface area contributed by atoms with Gasteiger partial charge in [-0.2, -0.15) is 4.98 Å². The summed E-state index contributed by atoms with van der Waals surface area (Å²) in [5, 5.41) is 13.4. The first kappa shape index (κ1) is 18.7. The Morgan fingerprint density at radius 2 is 2.14 bits per heavy atom. The second-order valence-corrected chi connectivity index (χ2v) is 8.64. The van der Waals surface area contributed by atoms with E-state index in [9.17, 15) is 9.90 Å². The zero-order valence-corrected chi connectivity index (χ0v) is 16.5. The van der Waals surface area contributed by atoms with Crippen LogP contribution in [-0.4, -0.2) is 50.4 Å². The lowest BCUT2D eigenvalue weighted by Gasteiger charge is -2.22. The molecule has 1 saturated carbocycles. The van der Waals surface area contributed by atoms with Crippen LogP contribution >= 0.6 is 0 Å². The van der Waals surface area contributed by atoms with Gasteiger partial charge in [-0.05, 0) is 31.6 Å². The van der Waals surface area contributed by atoms with Gasteiger partial charge in [-0.1, -0.05) is 25.9 Å². The maximum absolute atomic E-state index is 11.4. The summed E-state index contributed by atoms with van der Waals surface area (Å²) in [4.78, 5) is 21.8. The molecule has 0 radical (unpaired) electrons. The molecule has 0 aromatic carbocycles. The maximum atomic E-state index is 11.4. The molecule has 28 heavy (non-hydrogen) atoms. The Bertz CT molecular complexity index is 869. The highest BCUT2D eigenvalue weighted by Gasteiger charge is 2.31. The normalized spacial score (nSPS) is 19.8. The van der Waals surface area contributed by atoms with Crippen LogP contribution in [0.2, 0.25) is 0 Å². The third kappa shape index (κ3) is 3.81. The number of aromatic nitrogens is 3. The van der Waals surface area contributed by atoms with Gasteiger partial charge in [0.15, 0.2) is 0 Å². The molecule has 1 aliphatic carbocycles. The van der Waals surface area contributed by atoms with Crippen LogP contribution < -0.4 is 4.74 Å². The minimum Gasteiger partial charge on any atom is -0.491 e. The second kappa shape index (κ2) is 7.07. The van der Waals surface area contributed by atoms with E-state index in [1.807, 2.05) is 33.0 Å². The monoisotopic (exact) mass is 386 g/mol. The van der Waals surface area contributed by atoms with Crippen molar-refractivity contribution in [3.8, 4) is 17.3 Å². The molecule has 2 aromatic heterocycles. The molecule has 2 aromatic rings. The van der Waals surface area contributed by atoms with Gasteiger partial charge in [-0.3, -0.25) is 4.98 Å². The molecule has 1 saturated heterocycles. The standard InChI is InChI=1S/C20H26N4O4/c1-20(2,3)18-22-17(23-28-18)15-9-16(14(10-21-15)12-6-7-12)27-11-13-5-4-8-24(13)19(25)26/h9-10,12-13H,4-8,11H2,1-3H3,(H,25,26)/t13-/m0/s1. The van der Waals surface area contributed by atoms with E-state index in [0.717, 1.165) is 37.0 Å². The fraction of sp³-hybridized carbons (Fsp3) is 0.600. The molecule has 2 fully saturated rings. The number of pyridine rings is 1. The molecule has 4 rings (SSSR count). The lowest BCUT2D eigenvalue weighted by Crippen LogP contribution is -2.38. The second-order valence-electron chi connectivity index (χ2n) is 8.64. The molecular formula is C20H26N4O4. The topological polar surface area (TPSA) is 102 Å². The van der Waals surface area contributed by atoms with Crippen molar-refractivity contribution in [3.05, 3.63) is 23.7 Å². The molecule has 0 unspecified atom stereocenters. The van der Waals surface area contributed by atoms with E-state index in [0.29, 0.717) is 36.5 Å². The molecule has 8 heteroatoms. The minimum atomic E-state index is -0.884. The van der Waals surface area contributed by atoms with Gasteiger partial charge >= 0.3 is 6.09 Å². The SMILES string of the molecule is CC(C)(C)c1nc(-c2cc(OC[C@@H]3CCCN3C(=O)O)c(C3CC3)cn2)no1. The molecule has 0 bridgehead atoms. The molecule has 3 heterocycles. The van der Waals surface area contributed by atoms with Gasteiger partial charge in [-0.25, -0.2) is 4.79 Å². The van der Waals surface area contributed by atoms with Crippen molar-refractivity contribution < 1.29 is 19.2 Å². The molecule has 1 aliphatic heterocycles. The van der Waals surface area contributed by atoms with Crippen molar-refractivity contribution in [1.29, 1.82) is 0 Å². The van der Waals surface area contributed by atoms with E-state index in [2.05, 4.69) is 15.1 Å². The van der Waals surface area contributed by atoms with Crippen molar-refractivity contribution in [2.45, 2.75) is 63.8 Å². The summed E-state index contributed by atoms with van der Waals surface area (Å²) in [6, 6.07) is 1.74. The fourth-order valence-corrected chi connectivity index (χ4v) is 3.47. The van der Waals surface area contributed by atoms with E-state index in [1.54, 1.807) is 0 Å². The van der Waals surface area contributed by atoms with Crippen LogP contribution in [0.15, 0.2) is 16.8 Å². The van der Waals surface area contributed by atoms with Gasteiger partial charge in [0, 0.05) is 29.8 Å². The van der Waals surface area contributed by atoms with Gasteiger partial charge in [0.25, 0.3) is 0 Å². The largest absolute Gasteiger partial charge is 0.491 e. The summed E-state index contributed by atoms with van der Waals surface area (Å²) < 4.78 is 11.5. The third-order valence-electron chi connectivity index (χ3n) is 5.26. The highest BCUT2D eigenvalue weighted by molar-refractivity contribution is 5.65. The zero-order chi connectivity index (χ0) is 19.9. The summed E-state index contributed by atoms with van der Waals surface area (Å²) in [6.07, 6.45) is 4.89. The number of hydrogen-bond donors (Lipinski definition) is 1. The van der Waals surface area contributed by atoms with Crippen LogP contribution in [0.3, 0.4) is 0 Å². The minimum absolute atomic E-state index is 0.112. The lowest BCUT2D eigenvalue weighted by molar-refractivity contribution is 0.123. The van der Waals surface area contributed by atoms with Crippen LogP contribution in [0.25, 0.3) is 11.5 Å². The van der Waals surface area contributed by atoms with Crippen molar-refractivity contribution in [2.24, 2.45) is 0 Å². The van der Waals surface area contributed by atoms with Crippen LogP contribution in [-0.2, 0) is 5.41 Å². The van der Waals surface area contributed by atoms with E-state index >= 15 is 0 Å². The first-order valence-electron chi connectivity index (χ1n) is 9.80. The molecule has 8 nitrogen and oxygen atoms in total. The smallest absolute Gasteiger partial charge is 0.407 e. The molecule has 0 spiro atoms. The summed E-state index contributed by atoms with van der Waals surface area (Å²) in [5.41, 5.74) is 1.43. The Morgan fingerprint density at radius 1 is 1.36 bits per heavy atom. The van der Waals surface area contributed by atoms with E-state index in [1.165, 1.54) is 4.90 Å². The Morgan fingerprint density at radius 3 is 2.79 bits per heavy atom. The molecule has 150 valence electrons. The molecule has 2 aliphatic rings. The average Bonchev–Trinajstić information content (AvgIpc) is 3.17. The van der Waals surface area contributed by atoms with Crippen molar-refractivity contribution in [1.82, 2.24) is 20.0 Å². The Kier molecular flexibility index (Phi) is 4.72. The summed E-state index contributed by atoms with van der Waals surface area (Å²) >= 11 is 0. The van der Waals surface area contributed by atoms with Gasteiger partial charge in [0.2, 0.25) is 11.7 Å². The highest BCUT2D eigenvalue weighted by Crippen LogP contribution is 2.44. The molecular weight excluding hydrogens is 360 g/mol. The van der Waals surface area contributed by atoms with E-state index in [4.69, 9.17) is 9.26 Å². The van der Waals surface area contributed by atoms with Gasteiger partial charge in [0.05, 0.1) is 6.04 Å². The first-order chi connectivity index (χ1) is 13.3. The summed E-state index contributed by atoms with van der Waals surface area (Å²) in [7, 11) is 0. The average molecular weight is 386 g/mol. The Hall–Kier alpha value is -2.64. The number of carbonyl (C=O) groups is 1. The number of carboxylic acid groups (broad SMARTS) is 1. The van der Waals surface area contributed by atoms with E-state index < -0.39 is 6.09 Å². The molecule has 1 amide bonds. The number of rotatable bonds is 5. The van der Waals surface area contributed by atoms with Crippen LogP contribution in [0.5, 0.6) is 5.75 Å². The number of hydrogen-bond acceptors (Lipinski definition) is 6. The van der Waals surface area contributed by atoms with Crippen molar-refractivity contribution >= 4 is 6.09 Å². The number of nitrogens with zero attached hydrogens (tertiary/aromatic N) is 4. The van der Waals surface area contributed by atoms with Gasteiger partial charge in [0.1, 0.15) is 18.1 Å². The number of amides is 1. The van der Waals surface area contributed by atoms with Crippen molar-refractivity contribution in [2.75, 3.05) is 13.2 Å². The summed E-state index contributed by atoms with van der Waals surface area (Å²) in [5.74, 6) is 2.20. The number of likely N-dealkylation sites (tertiary alicyclic amines) is 1. The van der Waals surface area contributed by atoms with Crippen LogP contribution in [0.1, 0.15) is 63.8 Å². The van der Waals surface area contributed by atoms with Gasteiger partial charge < -0.3 is 19.3 Å². The molecule has 1 N–H and O–H groups in total. The summed E-state index contributed by atoms with van der Waals surface area (Å²) in [6.45, 7) is 6.95. The zero-order valence-electron chi connectivity index (χ0n) is 16.5. The van der Waals surface area contributed by atoms with Crippen LogP contribution in [0, 0.1) is 0 Å². The fourth-order valence-electron chi connectivity index (χ4n) is 3.47. The quantitative estimate of drug-likeness (QED) is 0.833. The Balaban J connectivity index is 1.56. The lowest BCUT2D eigenvalue weighted by atomic mass is 9.97. The third-order valence-corrected chi connectivity index (χ3v) is 5.26. The highest BCUT2D eigenvalue weighted by atomic mass is 16.5.